The van der Waals surface area contributed by atoms with Gasteiger partial charge in [0, 0.05) is 23.8 Å². The molecule has 3 nitrogen and oxygen atoms in total. The number of nitrogens with zero attached hydrogens (tertiary/aromatic N) is 3. The Bertz CT molecular complexity index is 300. The summed E-state index contributed by atoms with van der Waals surface area (Å²) in [6, 6.07) is 2.64. The van der Waals surface area contributed by atoms with Crippen LogP contribution in [0.2, 0.25) is 0 Å². The number of aromatic nitrogens is 2. The molecule has 0 aromatic carbocycles. The highest BCUT2D eigenvalue weighted by atomic mass is 79.9. The van der Waals surface area contributed by atoms with Crippen LogP contribution >= 0.6 is 15.9 Å². The minimum absolute atomic E-state index is 0.767. The van der Waals surface area contributed by atoms with Crippen LogP contribution in [0.4, 0.5) is 0 Å². The van der Waals surface area contributed by atoms with Gasteiger partial charge in [-0.1, -0.05) is 22.4 Å². The van der Waals surface area contributed by atoms with Gasteiger partial charge in [0.2, 0.25) is 0 Å². The molecule has 88 valence electrons. The SMILES string of the molecule is BrCCCN(Cc1ncccn1)C1CCC1. The lowest BCUT2D eigenvalue weighted by Gasteiger charge is -2.37. The standard InChI is InChI=1S/C12H18BrN3/c13-6-2-9-16(11-4-1-5-11)10-12-14-7-3-8-15-12/h3,7-8,11H,1-2,4-6,9-10H2. The van der Waals surface area contributed by atoms with E-state index in [4.69, 9.17) is 0 Å². The summed E-state index contributed by atoms with van der Waals surface area (Å²) in [4.78, 5) is 11.1. The second-order valence-electron chi connectivity index (χ2n) is 4.26. The van der Waals surface area contributed by atoms with E-state index in [1.165, 1.54) is 25.7 Å². The lowest BCUT2D eigenvalue weighted by atomic mass is 9.91. The summed E-state index contributed by atoms with van der Waals surface area (Å²) in [5, 5.41) is 1.08. The van der Waals surface area contributed by atoms with E-state index in [9.17, 15) is 0 Å². The summed E-state index contributed by atoms with van der Waals surface area (Å²) >= 11 is 3.49. The van der Waals surface area contributed by atoms with Crippen LogP contribution in [0.1, 0.15) is 31.5 Å². The van der Waals surface area contributed by atoms with Crippen molar-refractivity contribution in [2.75, 3.05) is 11.9 Å². The van der Waals surface area contributed by atoms with E-state index in [1.807, 2.05) is 18.5 Å². The molecule has 1 aromatic rings. The molecule has 0 spiro atoms. The summed E-state index contributed by atoms with van der Waals surface area (Å²) < 4.78 is 0. The summed E-state index contributed by atoms with van der Waals surface area (Å²) in [5.41, 5.74) is 0. The summed E-state index contributed by atoms with van der Waals surface area (Å²) in [6.45, 7) is 2.05. The molecule has 1 aromatic heterocycles. The molecular formula is C12H18BrN3. The molecule has 0 radical (unpaired) electrons. The van der Waals surface area contributed by atoms with Crippen LogP contribution in [-0.4, -0.2) is 32.8 Å². The molecule has 0 unspecified atom stereocenters. The van der Waals surface area contributed by atoms with E-state index in [-0.39, 0.29) is 0 Å². The van der Waals surface area contributed by atoms with E-state index in [0.29, 0.717) is 0 Å². The monoisotopic (exact) mass is 283 g/mol. The molecule has 0 N–H and O–H groups in total. The minimum Gasteiger partial charge on any atom is -0.293 e. The number of hydrogen-bond donors (Lipinski definition) is 0. The predicted molar refractivity (Wildman–Crippen MR) is 68.5 cm³/mol. The summed E-state index contributed by atoms with van der Waals surface area (Å²) in [6.07, 6.45) is 8.91. The van der Waals surface area contributed by atoms with Gasteiger partial charge in [-0.2, -0.15) is 0 Å². The third kappa shape index (κ3) is 3.25. The highest BCUT2D eigenvalue weighted by Gasteiger charge is 2.24. The zero-order valence-electron chi connectivity index (χ0n) is 9.48. The molecular weight excluding hydrogens is 266 g/mol. The first-order valence-electron chi connectivity index (χ1n) is 5.96. The lowest BCUT2D eigenvalue weighted by molar-refractivity contribution is 0.117. The van der Waals surface area contributed by atoms with Gasteiger partial charge in [-0.3, -0.25) is 4.90 Å². The highest BCUT2D eigenvalue weighted by Crippen LogP contribution is 2.25. The van der Waals surface area contributed by atoms with Gasteiger partial charge in [-0.25, -0.2) is 9.97 Å². The molecule has 0 amide bonds. The van der Waals surface area contributed by atoms with Crippen LogP contribution in [0, 0.1) is 0 Å². The van der Waals surface area contributed by atoms with Crippen molar-refractivity contribution in [3.05, 3.63) is 24.3 Å². The number of alkyl halides is 1. The van der Waals surface area contributed by atoms with Crippen molar-refractivity contribution >= 4 is 15.9 Å². The number of rotatable bonds is 6. The van der Waals surface area contributed by atoms with E-state index >= 15 is 0 Å². The van der Waals surface area contributed by atoms with Crippen molar-refractivity contribution in [1.29, 1.82) is 0 Å². The molecule has 1 aliphatic carbocycles. The van der Waals surface area contributed by atoms with Gasteiger partial charge < -0.3 is 0 Å². The fourth-order valence-electron chi connectivity index (χ4n) is 2.00. The van der Waals surface area contributed by atoms with Crippen LogP contribution in [0.15, 0.2) is 18.5 Å². The Hall–Kier alpha value is -0.480. The van der Waals surface area contributed by atoms with Crippen molar-refractivity contribution < 1.29 is 0 Å². The minimum atomic E-state index is 0.767. The van der Waals surface area contributed by atoms with Crippen molar-refractivity contribution in [1.82, 2.24) is 14.9 Å². The largest absolute Gasteiger partial charge is 0.293 e. The van der Waals surface area contributed by atoms with Crippen LogP contribution < -0.4 is 0 Å². The van der Waals surface area contributed by atoms with Gasteiger partial charge in [0.25, 0.3) is 0 Å². The average Bonchev–Trinajstić information content (AvgIpc) is 2.25. The second kappa shape index (κ2) is 6.30. The molecule has 1 aliphatic rings. The Morgan fingerprint density at radius 3 is 2.62 bits per heavy atom. The third-order valence-electron chi connectivity index (χ3n) is 3.13. The summed E-state index contributed by atoms with van der Waals surface area (Å²) in [7, 11) is 0. The molecule has 1 heterocycles. The van der Waals surface area contributed by atoms with Crippen LogP contribution in [0.25, 0.3) is 0 Å². The van der Waals surface area contributed by atoms with Crippen LogP contribution in [0.3, 0.4) is 0 Å². The first kappa shape index (κ1) is 12.0. The van der Waals surface area contributed by atoms with Crippen molar-refractivity contribution in [3.63, 3.8) is 0 Å². The van der Waals surface area contributed by atoms with Gasteiger partial charge >= 0.3 is 0 Å². The molecule has 1 saturated carbocycles. The van der Waals surface area contributed by atoms with E-state index in [2.05, 4.69) is 30.8 Å². The predicted octanol–water partition coefficient (Wildman–Crippen LogP) is 2.62. The zero-order chi connectivity index (χ0) is 11.2. The zero-order valence-corrected chi connectivity index (χ0v) is 11.1. The summed E-state index contributed by atoms with van der Waals surface area (Å²) in [5.74, 6) is 0.948. The molecule has 2 rings (SSSR count). The van der Waals surface area contributed by atoms with E-state index < -0.39 is 0 Å². The normalized spacial score (nSPS) is 16.4. The first-order chi connectivity index (χ1) is 7.90. The fraction of sp³-hybridized carbons (Fsp3) is 0.667. The Morgan fingerprint density at radius 1 is 1.31 bits per heavy atom. The van der Waals surface area contributed by atoms with Gasteiger partial charge in [0.15, 0.2) is 0 Å². The average molecular weight is 284 g/mol. The van der Waals surface area contributed by atoms with Gasteiger partial charge in [0.1, 0.15) is 5.82 Å². The molecule has 16 heavy (non-hydrogen) atoms. The van der Waals surface area contributed by atoms with Crippen molar-refractivity contribution in [2.45, 2.75) is 38.3 Å². The Morgan fingerprint density at radius 2 is 2.06 bits per heavy atom. The molecule has 1 fully saturated rings. The maximum Gasteiger partial charge on any atom is 0.142 e. The highest BCUT2D eigenvalue weighted by molar-refractivity contribution is 9.09. The molecule has 0 saturated heterocycles. The topological polar surface area (TPSA) is 29.0 Å². The third-order valence-corrected chi connectivity index (χ3v) is 3.69. The van der Waals surface area contributed by atoms with Crippen molar-refractivity contribution in [2.24, 2.45) is 0 Å². The maximum atomic E-state index is 4.30. The fourth-order valence-corrected chi connectivity index (χ4v) is 2.25. The van der Waals surface area contributed by atoms with Gasteiger partial charge in [0.05, 0.1) is 6.54 Å². The van der Waals surface area contributed by atoms with Gasteiger partial charge in [-0.05, 0) is 31.9 Å². The maximum absolute atomic E-state index is 4.30. The molecule has 0 bridgehead atoms. The smallest absolute Gasteiger partial charge is 0.142 e. The van der Waals surface area contributed by atoms with Gasteiger partial charge in [-0.15, -0.1) is 0 Å². The number of halogens is 1. The Labute approximate surface area is 105 Å². The molecule has 4 heteroatoms. The van der Waals surface area contributed by atoms with E-state index in [0.717, 1.165) is 30.3 Å². The Balaban J connectivity index is 1.90. The van der Waals surface area contributed by atoms with Crippen LogP contribution in [-0.2, 0) is 6.54 Å². The second-order valence-corrected chi connectivity index (χ2v) is 5.06. The van der Waals surface area contributed by atoms with Crippen LogP contribution in [0.5, 0.6) is 0 Å². The molecule has 0 aliphatic heterocycles. The van der Waals surface area contributed by atoms with E-state index in [1.54, 1.807) is 0 Å². The quantitative estimate of drug-likeness (QED) is 0.752. The molecule has 0 atom stereocenters. The first-order valence-corrected chi connectivity index (χ1v) is 7.08. The lowest BCUT2D eigenvalue weighted by Crippen LogP contribution is -2.40. The number of hydrogen-bond acceptors (Lipinski definition) is 3. The Kier molecular flexibility index (Phi) is 4.72. The van der Waals surface area contributed by atoms with Crippen molar-refractivity contribution in [3.8, 4) is 0 Å².